The molecule has 2 atom stereocenters. The lowest BCUT2D eigenvalue weighted by Gasteiger charge is -2.21. The van der Waals surface area contributed by atoms with Gasteiger partial charge in [-0.1, -0.05) is 30.3 Å². The fraction of sp³-hybridized carbons (Fsp3) is 0.346. The van der Waals surface area contributed by atoms with Crippen molar-refractivity contribution >= 4 is 22.8 Å². The fourth-order valence-electron chi connectivity index (χ4n) is 4.34. The van der Waals surface area contributed by atoms with E-state index in [1.807, 2.05) is 36.4 Å². The van der Waals surface area contributed by atoms with Crippen molar-refractivity contribution in [2.45, 2.75) is 58.1 Å². The summed E-state index contributed by atoms with van der Waals surface area (Å²) in [6.07, 6.45) is 2.82. The molecule has 2 aromatic carbocycles. The van der Waals surface area contributed by atoms with Crippen LogP contribution in [0.4, 0.5) is 0 Å². The number of hydrogen-bond donors (Lipinski definition) is 2. The molecular weight excluding hydrogens is 422 g/mol. The number of amides is 1. The number of nitrogens with one attached hydrogen (secondary N) is 1. The Bertz CT molecular complexity index is 1250. The average molecular weight is 450 g/mol. The van der Waals surface area contributed by atoms with E-state index in [0.717, 1.165) is 47.8 Å². The Morgan fingerprint density at radius 1 is 1.09 bits per heavy atom. The summed E-state index contributed by atoms with van der Waals surface area (Å²) in [6, 6.07) is 11.7. The Balaban J connectivity index is 1.52. The van der Waals surface area contributed by atoms with Gasteiger partial charge in [-0.15, -0.1) is 0 Å². The first kappa shape index (κ1) is 22.6. The molecule has 1 aliphatic carbocycles. The second-order valence-electron chi connectivity index (χ2n) is 8.47. The quantitative estimate of drug-likeness (QED) is 0.535. The summed E-state index contributed by atoms with van der Waals surface area (Å²) in [5.41, 5.74) is 3.40. The Kier molecular flexibility index (Phi) is 6.49. The Morgan fingerprint density at radius 3 is 2.48 bits per heavy atom. The number of ether oxygens (including phenoxy) is 1. The molecule has 4 rings (SSSR count). The highest BCUT2D eigenvalue weighted by molar-refractivity contribution is 5.88. The minimum absolute atomic E-state index is 0.167. The summed E-state index contributed by atoms with van der Waals surface area (Å²) in [7, 11) is 0. The van der Waals surface area contributed by atoms with Crippen LogP contribution in [-0.4, -0.2) is 29.1 Å². The molecule has 0 saturated heterocycles. The van der Waals surface area contributed by atoms with Crippen LogP contribution in [0, 0.1) is 6.92 Å². The van der Waals surface area contributed by atoms with Gasteiger partial charge in [0.25, 0.3) is 5.91 Å². The van der Waals surface area contributed by atoms with Gasteiger partial charge in [-0.05, 0) is 62.8 Å². The van der Waals surface area contributed by atoms with Gasteiger partial charge < -0.3 is 19.6 Å². The van der Waals surface area contributed by atoms with Crippen LogP contribution >= 0.6 is 0 Å². The van der Waals surface area contributed by atoms with Crippen molar-refractivity contribution in [3.8, 4) is 5.75 Å². The minimum Gasteiger partial charge on any atom is -0.480 e. The zero-order valence-electron chi connectivity index (χ0n) is 18.7. The maximum absolute atomic E-state index is 12.7. The number of carboxylic acids is 1. The topological polar surface area (TPSA) is 106 Å². The molecule has 33 heavy (non-hydrogen) atoms. The smallest absolute Gasteiger partial charge is 0.339 e. The van der Waals surface area contributed by atoms with Crippen LogP contribution < -0.4 is 15.7 Å². The number of aliphatic carboxylic acids is 1. The van der Waals surface area contributed by atoms with Gasteiger partial charge in [0, 0.05) is 22.9 Å². The Morgan fingerprint density at radius 2 is 1.79 bits per heavy atom. The van der Waals surface area contributed by atoms with E-state index in [1.165, 1.54) is 0 Å². The lowest BCUT2D eigenvalue weighted by Crippen LogP contribution is -2.47. The summed E-state index contributed by atoms with van der Waals surface area (Å²) < 4.78 is 11.5. The molecule has 7 nitrogen and oxygen atoms in total. The van der Waals surface area contributed by atoms with Crippen molar-refractivity contribution in [3.05, 3.63) is 75.1 Å². The summed E-state index contributed by atoms with van der Waals surface area (Å²) in [4.78, 5) is 36.9. The molecule has 3 aromatic rings. The molecule has 0 bridgehead atoms. The molecule has 0 fully saturated rings. The molecule has 7 heteroatoms. The maximum atomic E-state index is 12.7. The van der Waals surface area contributed by atoms with E-state index < -0.39 is 24.0 Å². The van der Waals surface area contributed by atoms with Crippen LogP contribution in [-0.2, 0) is 28.9 Å². The van der Waals surface area contributed by atoms with Crippen LogP contribution in [0.15, 0.2) is 51.7 Å². The summed E-state index contributed by atoms with van der Waals surface area (Å²) in [5.74, 6) is -1.24. The second-order valence-corrected chi connectivity index (χ2v) is 8.47. The molecule has 0 spiro atoms. The third-order valence-electron chi connectivity index (χ3n) is 6.16. The van der Waals surface area contributed by atoms with Gasteiger partial charge in [0.05, 0.1) is 0 Å². The van der Waals surface area contributed by atoms with Crippen LogP contribution in [0.2, 0.25) is 0 Å². The number of carboxylic acid groups (broad SMARTS) is 1. The van der Waals surface area contributed by atoms with E-state index in [0.29, 0.717) is 16.9 Å². The molecule has 0 radical (unpaired) electrons. The van der Waals surface area contributed by atoms with E-state index in [9.17, 15) is 19.5 Å². The van der Waals surface area contributed by atoms with Gasteiger partial charge in [0.1, 0.15) is 17.4 Å². The van der Waals surface area contributed by atoms with Crippen LogP contribution in [0.5, 0.6) is 5.75 Å². The molecular formula is C26H27NO6. The van der Waals surface area contributed by atoms with Crippen molar-refractivity contribution in [2.75, 3.05) is 0 Å². The van der Waals surface area contributed by atoms with Crippen LogP contribution in [0.25, 0.3) is 11.0 Å². The maximum Gasteiger partial charge on any atom is 0.339 e. The number of benzene rings is 2. The van der Waals surface area contributed by atoms with Gasteiger partial charge in [0.15, 0.2) is 6.10 Å². The first-order valence-electron chi connectivity index (χ1n) is 11.2. The molecule has 1 aliphatic rings. The molecule has 2 N–H and O–H groups in total. The van der Waals surface area contributed by atoms with Crippen molar-refractivity contribution in [3.63, 3.8) is 0 Å². The van der Waals surface area contributed by atoms with E-state index in [2.05, 4.69) is 5.32 Å². The second kappa shape index (κ2) is 9.48. The van der Waals surface area contributed by atoms with Gasteiger partial charge in [-0.3, -0.25) is 4.79 Å². The van der Waals surface area contributed by atoms with E-state index in [4.69, 9.17) is 9.15 Å². The molecule has 1 aromatic heterocycles. The zero-order valence-corrected chi connectivity index (χ0v) is 18.7. The summed E-state index contributed by atoms with van der Waals surface area (Å²) in [6.45, 7) is 3.35. The normalized spacial score (nSPS) is 14.8. The number of hydrogen-bond acceptors (Lipinski definition) is 5. The molecule has 172 valence electrons. The molecule has 0 aliphatic heterocycles. The Labute approximate surface area is 191 Å². The van der Waals surface area contributed by atoms with Crippen molar-refractivity contribution in [1.29, 1.82) is 0 Å². The molecule has 1 heterocycles. The lowest BCUT2D eigenvalue weighted by molar-refractivity contribution is -0.142. The predicted octanol–water partition coefficient (Wildman–Crippen LogP) is 3.56. The number of carbonyl (C=O) groups excluding carboxylic acids is 1. The lowest BCUT2D eigenvalue weighted by atomic mass is 9.90. The number of fused-ring (bicyclic) bond motifs is 3. The SMILES string of the molecule is Cc1c(OC(C)C(=O)N[C@@H](Cc2ccccc2)C(=O)O)ccc2c3c(c(=O)oc12)CCCC3. The average Bonchev–Trinajstić information content (AvgIpc) is 2.81. The van der Waals surface area contributed by atoms with Crippen molar-refractivity contribution < 1.29 is 23.8 Å². The summed E-state index contributed by atoms with van der Waals surface area (Å²) in [5, 5.41) is 13.0. The predicted molar refractivity (Wildman–Crippen MR) is 124 cm³/mol. The molecule has 1 unspecified atom stereocenters. The largest absolute Gasteiger partial charge is 0.480 e. The Hall–Kier alpha value is -3.61. The van der Waals surface area contributed by atoms with Gasteiger partial charge in [0.2, 0.25) is 0 Å². The highest BCUT2D eigenvalue weighted by Gasteiger charge is 2.25. The van der Waals surface area contributed by atoms with E-state index in [-0.39, 0.29) is 12.0 Å². The van der Waals surface area contributed by atoms with E-state index >= 15 is 0 Å². The third-order valence-corrected chi connectivity index (χ3v) is 6.16. The molecule has 0 saturated carbocycles. The third kappa shape index (κ3) is 4.77. The highest BCUT2D eigenvalue weighted by Crippen LogP contribution is 2.32. The number of rotatable bonds is 7. The highest BCUT2D eigenvalue weighted by atomic mass is 16.5. The molecule has 1 amide bonds. The summed E-state index contributed by atoms with van der Waals surface area (Å²) >= 11 is 0. The number of carbonyl (C=O) groups is 2. The van der Waals surface area contributed by atoms with Crippen LogP contribution in [0.3, 0.4) is 0 Å². The first-order valence-corrected chi connectivity index (χ1v) is 11.2. The standard InChI is InChI=1S/C26H27NO6/c1-15-22(13-12-19-18-10-6-7-11-20(18)26(31)33-23(15)19)32-16(2)24(28)27-21(25(29)30)14-17-8-4-3-5-9-17/h3-5,8-9,12-13,16,21H,6-7,10-11,14H2,1-2H3,(H,27,28)(H,29,30)/t16?,21-/m0/s1. The monoisotopic (exact) mass is 449 g/mol. The van der Waals surface area contributed by atoms with Gasteiger partial charge in [-0.2, -0.15) is 0 Å². The number of aryl methyl sites for hydroxylation is 2. The van der Waals surface area contributed by atoms with Gasteiger partial charge in [-0.25, -0.2) is 9.59 Å². The van der Waals surface area contributed by atoms with Crippen molar-refractivity contribution in [2.24, 2.45) is 0 Å². The zero-order chi connectivity index (χ0) is 23.5. The first-order chi connectivity index (χ1) is 15.8. The van der Waals surface area contributed by atoms with Crippen molar-refractivity contribution in [1.82, 2.24) is 5.32 Å². The fourth-order valence-corrected chi connectivity index (χ4v) is 4.34. The minimum atomic E-state index is -1.12. The van der Waals surface area contributed by atoms with Crippen LogP contribution in [0.1, 0.15) is 42.0 Å². The van der Waals surface area contributed by atoms with Gasteiger partial charge >= 0.3 is 11.6 Å². The van der Waals surface area contributed by atoms with E-state index in [1.54, 1.807) is 19.9 Å².